The van der Waals surface area contributed by atoms with Gasteiger partial charge in [0.15, 0.2) is 0 Å². The number of carbonyl (C=O) groups excluding carboxylic acids is 2. The Morgan fingerprint density at radius 3 is 2.53 bits per heavy atom. The van der Waals surface area contributed by atoms with E-state index in [4.69, 9.17) is 9.47 Å². The predicted molar refractivity (Wildman–Crippen MR) is 130 cm³/mol. The highest BCUT2D eigenvalue weighted by Gasteiger charge is 2.25. The summed E-state index contributed by atoms with van der Waals surface area (Å²) in [4.78, 5) is 39.7. The molecule has 0 aliphatic carbocycles. The second-order valence-corrected chi connectivity index (χ2v) is 8.25. The molecule has 1 saturated heterocycles. The zero-order valence-electron chi connectivity index (χ0n) is 19.5. The number of hydrogen-bond acceptors (Lipinski definition) is 5. The predicted octanol–water partition coefficient (Wildman–Crippen LogP) is 3.98. The third-order valence-electron chi connectivity index (χ3n) is 6.17. The van der Waals surface area contributed by atoms with Crippen molar-refractivity contribution < 1.29 is 19.1 Å². The Hall–Kier alpha value is -3.81. The number of aromatic nitrogens is 1. The molecule has 2 heterocycles. The fourth-order valence-electron chi connectivity index (χ4n) is 4.45. The Balaban J connectivity index is 1.51. The van der Waals surface area contributed by atoms with E-state index >= 15 is 0 Å². The Bertz CT molecular complexity index is 1240. The number of methoxy groups -OCH3 is 1. The van der Waals surface area contributed by atoms with Crippen LogP contribution in [0.25, 0.3) is 10.8 Å². The standard InChI is InChI=1S/C26H29N3O5/c1-3-34-26(32)28-14-11-19(12-15-28)29-16-13-20-21(25(29)31)8-6-9-22(20)27-24(30)17-18-7-4-5-10-23(18)33-2/h4-10,13,16,19H,3,11-12,14-15,17H2,1-2H3,(H,27,30). The molecule has 1 fully saturated rings. The van der Waals surface area contributed by atoms with Crippen LogP contribution in [0.2, 0.25) is 0 Å². The minimum atomic E-state index is -0.305. The van der Waals surface area contributed by atoms with Crippen molar-refractivity contribution in [1.29, 1.82) is 0 Å². The summed E-state index contributed by atoms with van der Waals surface area (Å²) in [6.07, 6.45) is 3.00. The van der Waals surface area contributed by atoms with Crippen molar-refractivity contribution in [2.24, 2.45) is 0 Å². The molecule has 3 aromatic rings. The molecule has 1 aromatic heterocycles. The van der Waals surface area contributed by atoms with Gasteiger partial charge in [0.25, 0.3) is 5.56 Å². The average Bonchev–Trinajstić information content (AvgIpc) is 2.85. The van der Waals surface area contributed by atoms with Crippen LogP contribution >= 0.6 is 0 Å². The number of para-hydroxylation sites is 1. The first-order valence-corrected chi connectivity index (χ1v) is 11.5. The van der Waals surface area contributed by atoms with Gasteiger partial charge in [-0.15, -0.1) is 0 Å². The van der Waals surface area contributed by atoms with Gasteiger partial charge in [-0.3, -0.25) is 9.59 Å². The molecule has 0 bridgehead atoms. The van der Waals surface area contributed by atoms with Gasteiger partial charge in [-0.25, -0.2) is 4.79 Å². The van der Waals surface area contributed by atoms with E-state index in [1.54, 1.807) is 47.9 Å². The number of piperidine rings is 1. The molecule has 0 unspecified atom stereocenters. The number of hydrogen-bond donors (Lipinski definition) is 1. The van der Waals surface area contributed by atoms with Gasteiger partial charge in [-0.1, -0.05) is 24.3 Å². The maximum Gasteiger partial charge on any atom is 0.409 e. The number of carbonyl (C=O) groups is 2. The summed E-state index contributed by atoms with van der Waals surface area (Å²) >= 11 is 0. The lowest BCUT2D eigenvalue weighted by Gasteiger charge is -2.32. The Morgan fingerprint density at radius 2 is 1.79 bits per heavy atom. The number of amides is 2. The summed E-state index contributed by atoms with van der Waals surface area (Å²) < 4.78 is 12.1. The smallest absolute Gasteiger partial charge is 0.409 e. The maximum absolute atomic E-state index is 13.3. The van der Waals surface area contributed by atoms with Gasteiger partial charge in [0.05, 0.1) is 20.1 Å². The van der Waals surface area contributed by atoms with Gasteiger partial charge < -0.3 is 24.3 Å². The molecule has 34 heavy (non-hydrogen) atoms. The maximum atomic E-state index is 13.3. The van der Waals surface area contributed by atoms with E-state index in [1.807, 2.05) is 30.3 Å². The quantitative estimate of drug-likeness (QED) is 0.597. The number of nitrogens with one attached hydrogen (secondary N) is 1. The van der Waals surface area contributed by atoms with Crippen LogP contribution in [-0.2, 0) is 16.0 Å². The summed E-state index contributed by atoms with van der Waals surface area (Å²) in [6, 6.07) is 14.6. The van der Waals surface area contributed by atoms with Gasteiger partial charge in [-0.2, -0.15) is 0 Å². The molecule has 4 rings (SSSR count). The van der Waals surface area contributed by atoms with Crippen molar-refractivity contribution in [2.75, 3.05) is 32.1 Å². The number of nitrogens with zero attached hydrogens (tertiary/aromatic N) is 2. The lowest BCUT2D eigenvalue weighted by atomic mass is 10.0. The van der Waals surface area contributed by atoms with Crippen LogP contribution in [0.15, 0.2) is 59.5 Å². The Morgan fingerprint density at radius 1 is 1.03 bits per heavy atom. The van der Waals surface area contributed by atoms with E-state index in [0.29, 0.717) is 54.7 Å². The molecular weight excluding hydrogens is 434 g/mol. The molecule has 0 atom stereocenters. The van der Waals surface area contributed by atoms with Crippen molar-refractivity contribution >= 4 is 28.5 Å². The summed E-state index contributed by atoms with van der Waals surface area (Å²) in [5, 5.41) is 4.18. The number of benzene rings is 2. The van der Waals surface area contributed by atoms with E-state index < -0.39 is 0 Å². The highest BCUT2D eigenvalue weighted by Crippen LogP contribution is 2.26. The van der Waals surface area contributed by atoms with Crippen LogP contribution in [0.3, 0.4) is 0 Å². The van der Waals surface area contributed by atoms with Crippen molar-refractivity contribution in [2.45, 2.75) is 32.2 Å². The minimum Gasteiger partial charge on any atom is -0.496 e. The molecule has 1 aliphatic heterocycles. The molecular formula is C26H29N3O5. The van der Waals surface area contributed by atoms with E-state index in [2.05, 4.69) is 5.32 Å². The lowest BCUT2D eigenvalue weighted by molar-refractivity contribution is -0.115. The highest BCUT2D eigenvalue weighted by atomic mass is 16.6. The fourth-order valence-corrected chi connectivity index (χ4v) is 4.45. The third kappa shape index (κ3) is 4.90. The zero-order valence-corrected chi connectivity index (χ0v) is 19.5. The van der Waals surface area contributed by atoms with Gasteiger partial charge in [0.2, 0.25) is 5.91 Å². The number of fused-ring (bicyclic) bond motifs is 1. The summed E-state index contributed by atoms with van der Waals surface area (Å²) in [5.41, 5.74) is 1.28. The van der Waals surface area contributed by atoms with E-state index in [9.17, 15) is 14.4 Å². The van der Waals surface area contributed by atoms with E-state index in [0.717, 1.165) is 5.56 Å². The van der Waals surface area contributed by atoms with Gasteiger partial charge in [0, 0.05) is 47.4 Å². The van der Waals surface area contributed by atoms with Gasteiger partial charge >= 0.3 is 6.09 Å². The van der Waals surface area contributed by atoms with Crippen molar-refractivity contribution in [3.05, 3.63) is 70.6 Å². The molecule has 0 saturated carbocycles. The number of pyridine rings is 1. The molecule has 1 aliphatic rings. The molecule has 0 spiro atoms. The van der Waals surface area contributed by atoms with Crippen LogP contribution in [0.5, 0.6) is 5.75 Å². The van der Waals surface area contributed by atoms with Crippen LogP contribution < -0.4 is 15.6 Å². The molecule has 8 heteroatoms. The first-order valence-electron chi connectivity index (χ1n) is 11.5. The Kier molecular flexibility index (Phi) is 7.15. The van der Waals surface area contributed by atoms with Crippen molar-refractivity contribution in [3.63, 3.8) is 0 Å². The molecule has 2 amide bonds. The van der Waals surface area contributed by atoms with Crippen LogP contribution in [0.1, 0.15) is 31.4 Å². The summed E-state index contributed by atoms with van der Waals surface area (Å²) in [5.74, 6) is 0.472. The van der Waals surface area contributed by atoms with Crippen LogP contribution in [0.4, 0.5) is 10.5 Å². The molecule has 0 radical (unpaired) electrons. The van der Waals surface area contributed by atoms with Gasteiger partial charge in [-0.05, 0) is 44.0 Å². The summed E-state index contributed by atoms with van der Waals surface area (Å²) in [7, 11) is 1.58. The topological polar surface area (TPSA) is 89.9 Å². The van der Waals surface area contributed by atoms with Crippen molar-refractivity contribution in [3.8, 4) is 5.75 Å². The highest BCUT2D eigenvalue weighted by molar-refractivity contribution is 6.02. The monoisotopic (exact) mass is 463 g/mol. The SMILES string of the molecule is CCOC(=O)N1CCC(n2ccc3c(NC(=O)Cc4ccccc4OC)cccc3c2=O)CC1. The molecule has 2 aromatic carbocycles. The summed E-state index contributed by atoms with van der Waals surface area (Å²) in [6.45, 7) is 3.23. The molecule has 1 N–H and O–H groups in total. The van der Waals surface area contributed by atoms with Crippen LogP contribution in [-0.4, -0.2) is 48.3 Å². The largest absolute Gasteiger partial charge is 0.496 e. The lowest BCUT2D eigenvalue weighted by Crippen LogP contribution is -2.41. The minimum absolute atomic E-state index is 0.00590. The third-order valence-corrected chi connectivity index (χ3v) is 6.17. The average molecular weight is 464 g/mol. The molecule has 8 nitrogen and oxygen atoms in total. The Labute approximate surface area is 198 Å². The number of rotatable bonds is 6. The molecule has 178 valence electrons. The number of ether oxygens (including phenoxy) is 2. The number of likely N-dealkylation sites (tertiary alicyclic amines) is 1. The normalized spacial score (nSPS) is 14.1. The van der Waals surface area contributed by atoms with E-state index in [1.165, 1.54) is 0 Å². The fraction of sp³-hybridized carbons (Fsp3) is 0.346. The second-order valence-electron chi connectivity index (χ2n) is 8.25. The zero-order chi connectivity index (χ0) is 24.1. The second kappa shape index (κ2) is 10.4. The van der Waals surface area contributed by atoms with Crippen molar-refractivity contribution in [1.82, 2.24) is 9.47 Å². The number of anilines is 1. The van der Waals surface area contributed by atoms with E-state index in [-0.39, 0.29) is 30.0 Å². The first kappa shape index (κ1) is 23.4. The van der Waals surface area contributed by atoms with Gasteiger partial charge in [0.1, 0.15) is 5.75 Å². The first-order chi connectivity index (χ1) is 16.5. The van der Waals surface area contributed by atoms with Crippen LogP contribution in [0, 0.1) is 0 Å².